The molecule has 0 fully saturated rings. The molecule has 0 amide bonds. The molecule has 0 rings (SSSR count). The molecule has 0 aliphatic carbocycles. The Morgan fingerprint density at radius 3 is 2.58 bits per heavy atom. The zero-order valence-electron chi connectivity index (χ0n) is 7.84. The molecular formula is C10H18O2. The summed E-state index contributed by atoms with van der Waals surface area (Å²) in [4.78, 5) is 10.6. The van der Waals surface area contributed by atoms with Crippen LogP contribution in [0.2, 0.25) is 0 Å². The van der Waals surface area contributed by atoms with Crippen LogP contribution < -0.4 is 0 Å². The molecule has 0 saturated heterocycles. The number of carbonyl (C=O) groups excluding carboxylic acids is 1. The quantitative estimate of drug-likeness (QED) is 0.333. The van der Waals surface area contributed by atoms with Crippen molar-refractivity contribution in [3.63, 3.8) is 0 Å². The van der Waals surface area contributed by atoms with Gasteiger partial charge in [0.25, 0.3) is 0 Å². The second kappa shape index (κ2) is 8.31. The zero-order chi connectivity index (χ0) is 9.23. The zero-order valence-corrected chi connectivity index (χ0v) is 7.84. The maximum Gasteiger partial charge on any atom is 0.330 e. The highest BCUT2D eigenvalue weighted by atomic mass is 16.5. The van der Waals surface area contributed by atoms with Crippen LogP contribution >= 0.6 is 0 Å². The van der Waals surface area contributed by atoms with E-state index in [2.05, 4.69) is 13.5 Å². The van der Waals surface area contributed by atoms with Crippen LogP contribution in [-0.4, -0.2) is 12.6 Å². The highest BCUT2D eigenvalue weighted by Crippen LogP contribution is 2.02. The van der Waals surface area contributed by atoms with E-state index in [1.807, 2.05) is 0 Å². The third-order valence-corrected chi connectivity index (χ3v) is 1.66. The Hall–Kier alpha value is -0.790. The standard InChI is InChI=1S/C10H18O2/c1-3-5-6-7-8-9-12-10(11)4-2/h4H,2-3,5-9H2,1H3. The largest absolute Gasteiger partial charge is 0.463 e. The van der Waals surface area contributed by atoms with E-state index >= 15 is 0 Å². The van der Waals surface area contributed by atoms with E-state index in [4.69, 9.17) is 4.74 Å². The van der Waals surface area contributed by atoms with Crippen molar-refractivity contribution in [3.05, 3.63) is 12.7 Å². The summed E-state index contributed by atoms with van der Waals surface area (Å²) in [5, 5.41) is 0. The van der Waals surface area contributed by atoms with Gasteiger partial charge in [-0.1, -0.05) is 39.2 Å². The maximum atomic E-state index is 10.6. The minimum absolute atomic E-state index is 0.314. The number of carbonyl (C=O) groups is 1. The van der Waals surface area contributed by atoms with Crippen molar-refractivity contribution >= 4 is 5.97 Å². The van der Waals surface area contributed by atoms with Gasteiger partial charge >= 0.3 is 5.97 Å². The molecule has 0 spiro atoms. The van der Waals surface area contributed by atoms with E-state index in [-0.39, 0.29) is 5.97 Å². The van der Waals surface area contributed by atoms with Gasteiger partial charge in [-0.05, 0) is 6.42 Å². The lowest BCUT2D eigenvalue weighted by molar-refractivity contribution is -0.137. The minimum atomic E-state index is -0.314. The van der Waals surface area contributed by atoms with E-state index in [9.17, 15) is 4.79 Å². The summed E-state index contributed by atoms with van der Waals surface area (Å²) in [6.07, 6.45) is 7.08. The third-order valence-electron chi connectivity index (χ3n) is 1.66. The molecule has 0 N–H and O–H groups in total. The van der Waals surface area contributed by atoms with Gasteiger partial charge in [-0.25, -0.2) is 4.79 Å². The van der Waals surface area contributed by atoms with E-state index < -0.39 is 0 Å². The molecule has 70 valence electrons. The van der Waals surface area contributed by atoms with Crippen LogP contribution in [0.5, 0.6) is 0 Å². The van der Waals surface area contributed by atoms with Crippen LogP contribution in [-0.2, 0) is 9.53 Å². The first kappa shape index (κ1) is 11.2. The molecule has 0 aromatic rings. The molecule has 0 aromatic carbocycles. The van der Waals surface area contributed by atoms with Gasteiger partial charge in [0.05, 0.1) is 6.61 Å². The van der Waals surface area contributed by atoms with E-state index in [1.165, 1.54) is 25.3 Å². The van der Waals surface area contributed by atoms with Gasteiger partial charge in [0.2, 0.25) is 0 Å². The van der Waals surface area contributed by atoms with Gasteiger partial charge in [0.15, 0.2) is 0 Å². The summed E-state index contributed by atoms with van der Waals surface area (Å²) in [5.74, 6) is -0.314. The molecule has 0 atom stereocenters. The number of hydrogen-bond donors (Lipinski definition) is 0. The molecule has 2 nitrogen and oxygen atoms in total. The van der Waals surface area contributed by atoms with Crippen LogP contribution in [0, 0.1) is 0 Å². The van der Waals surface area contributed by atoms with Crippen LogP contribution in [0.1, 0.15) is 39.0 Å². The van der Waals surface area contributed by atoms with Crippen molar-refractivity contribution in [1.82, 2.24) is 0 Å². The maximum absolute atomic E-state index is 10.6. The summed E-state index contributed by atoms with van der Waals surface area (Å²) < 4.78 is 4.81. The molecule has 0 aromatic heterocycles. The first-order valence-corrected chi connectivity index (χ1v) is 4.60. The predicted octanol–water partition coefficient (Wildman–Crippen LogP) is 2.69. The van der Waals surface area contributed by atoms with Crippen LogP contribution in [0.15, 0.2) is 12.7 Å². The average Bonchev–Trinajstić information content (AvgIpc) is 2.10. The molecule has 0 aliphatic heterocycles. The Kier molecular flexibility index (Phi) is 7.76. The van der Waals surface area contributed by atoms with Crippen molar-refractivity contribution in [2.45, 2.75) is 39.0 Å². The average molecular weight is 170 g/mol. The second-order valence-corrected chi connectivity index (χ2v) is 2.79. The molecule has 0 radical (unpaired) electrons. The normalized spacial score (nSPS) is 9.42. The summed E-state index contributed by atoms with van der Waals surface area (Å²) in [7, 11) is 0. The highest BCUT2D eigenvalue weighted by molar-refractivity contribution is 5.81. The van der Waals surface area contributed by atoms with Crippen molar-refractivity contribution < 1.29 is 9.53 Å². The molecule has 2 heteroatoms. The SMILES string of the molecule is C=CC(=O)OCCCCCCC. The van der Waals surface area contributed by atoms with E-state index in [0.717, 1.165) is 12.8 Å². The Bertz CT molecular complexity index is 130. The molecule has 0 bridgehead atoms. The Morgan fingerprint density at radius 1 is 1.33 bits per heavy atom. The fourth-order valence-corrected chi connectivity index (χ4v) is 0.937. The minimum Gasteiger partial charge on any atom is -0.463 e. The highest BCUT2D eigenvalue weighted by Gasteiger charge is 1.94. The van der Waals surface area contributed by atoms with Crippen molar-refractivity contribution in [1.29, 1.82) is 0 Å². The van der Waals surface area contributed by atoms with Crippen molar-refractivity contribution in [3.8, 4) is 0 Å². The van der Waals surface area contributed by atoms with Crippen LogP contribution in [0.4, 0.5) is 0 Å². The summed E-state index contributed by atoms with van der Waals surface area (Å²) >= 11 is 0. The van der Waals surface area contributed by atoms with Crippen molar-refractivity contribution in [2.75, 3.05) is 6.61 Å². The summed E-state index contributed by atoms with van der Waals surface area (Å²) in [6.45, 7) is 6.03. The Balaban J connectivity index is 3.00. The van der Waals surface area contributed by atoms with Gasteiger partial charge in [0, 0.05) is 6.08 Å². The monoisotopic (exact) mass is 170 g/mol. The van der Waals surface area contributed by atoms with Gasteiger partial charge in [0.1, 0.15) is 0 Å². The first-order chi connectivity index (χ1) is 5.81. The fraction of sp³-hybridized carbons (Fsp3) is 0.700. The molecule has 0 unspecified atom stereocenters. The second-order valence-electron chi connectivity index (χ2n) is 2.79. The number of unbranched alkanes of at least 4 members (excludes halogenated alkanes) is 4. The summed E-state index contributed by atoms with van der Waals surface area (Å²) in [5.41, 5.74) is 0. The molecule has 0 aliphatic rings. The van der Waals surface area contributed by atoms with Crippen LogP contribution in [0.25, 0.3) is 0 Å². The van der Waals surface area contributed by atoms with E-state index in [0.29, 0.717) is 6.61 Å². The summed E-state index contributed by atoms with van der Waals surface area (Å²) in [6, 6.07) is 0. The number of ether oxygens (including phenoxy) is 1. The lowest BCUT2D eigenvalue weighted by Crippen LogP contribution is -2.01. The topological polar surface area (TPSA) is 26.3 Å². The third kappa shape index (κ3) is 7.32. The molecule has 12 heavy (non-hydrogen) atoms. The van der Waals surface area contributed by atoms with Gasteiger partial charge in [-0.3, -0.25) is 0 Å². The molecule has 0 saturated carbocycles. The van der Waals surface area contributed by atoms with Gasteiger partial charge in [-0.2, -0.15) is 0 Å². The lowest BCUT2D eigenvalue weighted by Gasteiger charge is -2.00. The Morgan fingerprint density at radius 2 is 2.00 bits per heavy atom. The number of hydrogen-bond acceptors (Lipinski definition) is 2. The fourth-order valence-electron chi connectivity index (χ4n) is 0.937. The first-order valence-electron chi connectivity index (χ1n) is 4.60. The van der Waals surface area contributed by atoms with Gasteiger partial charge in [-0.15, -0.1) is 0 Å². The van der Waals surface area contributed by atoms with E-state index in [1.54, 1.807) is 0 Å². The number of rotatable bonds is 7. The smallest absolute Gasteiger partial charge is 0.330 e. The van der Waals surface area contributed by atoms with Gasteiger partial charge < -0.3 is 4.74 Å². The molecular weight excluding hydrogens is 152 g/mol. The lowest BCUT2D eigenvalue weighted by atomic mass is 10.2. The van der Waals surface area contributed by atoms with Crippen molar-refractivity contribution in [2.24, 2.45) is 0 Å². The number of esters is 1. The predicted molar refractivity (Wildman–Crippen MR) is 49.9 cm³/mol. The molecule has 0 heterocycles. The van der Waals surface area contributed by atoms with Crippen LogP contribution in [0.3, 0.4) is 0 Å². The Labute approximate surface area is 74.6 Å².